The molecule has 2 heteroatoms. The van der Waals surface area contributed by atoms with Gasteiger partial charge in [-0.25, -0.2) is 0 Å². The van der Waals surface area contributed by atoms with E-state index < -0.39 is 0 Å². The number of aromatic amines is 1. The van der Waals surface area contributed by atoms with E-state index in [9.17, 15) is 0 Å². The normalized spacial score (nSPS) is 13.9. The van der Waals surface area contributed by atoms with Crippen LogP contribution in [0.1, 0.15) is 32.3 Å². The molecule has 1 aliphatic rings. The highest BCUT2D eigenvalue weighted by molar-refractivity contribution is 7.12. The second-order valence-electron chi connectivity index (χ2n) is 4.12. The van der Waals surface area contributed by atoms with Crippen molar-refractivity contribution in [3.8, 4) is 0 Å². The third kappa shape index (κ3) is 1.14. The number of hydrogen-bond donors (Lipinski definition) is 1. The molecule has 0 spiro atoms. The van der Waals surface area contributed by atoms with Gasteiger partial charge >= 0.3 is 0 Å². The minimum absolute atomic E-state index is 1.10. The van der Waals surface area contributed by atoms with E-state index in [1.807, 2.05) is 11.3 Å². The topological polar surface area (TPSA) is 15.8 Å². The average Bonchev–Trinajstić information content (AvgIpc) is 2.59. The number of rotatable bonds is 0. The summed E-state index contributed by atoms with van der Waals surface area (Å²) in [6.45, 7) is 4.33. The summed E-state index contributed by atoms with van der Waals surface area (Å²) in [6.07, 6.45) is 2.23. The molecule has 0 fully saturated rings. The largest absolute Gasteiger partial charge is 0.362 e. The minimum atomic E-state index is 1.10. The Kier molecular flexibility index (Phi) is 1.62. The lowest BCUT2D eigenvalue weighted by molar-refractivity contribution is 0.991. The summed E-state index contributed by atoms with van der Waals surface area (Å²) in [6, 6.07) is 4.62. The predicted octanol–water partition coefficient (Wildman–Crippen LogP) is 3.19. The standard InChI is InChI=1S/C12H13NS/c1-7-3-9-6-12-10(4-8(2)14-12)5-11(9)13-7/h3-4,13H,5-6H2,1-2H3. The van der Waals surface area contributed by atoms with Gasteiger partial charge in [-0.15, -0.1) is 11.3 Å². The van der Waals surface area contributed by atoms with Crippen LogP contribution in [-0.4, -0.2) is 4.98 Å². The highest BCUT2D eigenvalue weighted by Crippen LogP contribution is 2.32. The van der Waals surface area contributed by atoms with Crippen molar-refractivity contribution in [2.45, 2.75) is 26.7 Å². The molecule has 0 radical (unpaired) electrons. The van der Waals surface area contributed by atoms with E-state index in [-0.39, 0.29) is 0 Å². The van der Waals surface area contributed by atoms with Crippen LogP contribution in [0.2, 0.25) is 0 Å². The summed E-state index contributed by atoms with van der Waals surface area (Å²) < 4.78 is 0. The number of fused-ring (bicyclic) bond motifs is 2. The number of nitrogens with one attached hydrogen (secondary N) is 1. The first-order valence-electron chi connectivity index (χ1n) is 4.98. The van der Waals surface area contributed by atoms with Crippen molar-refractivity contribution in [2.75, 3.05) is 0 Å². The molecule has 72 valence electrons. The lowest BCUT2D eigenvalue weighted by atomic mass is 9.97. The number of thiophene rings is 1. The SMILES string of the molecule is Cc1cc2c([nH]1)Cc1cc(C)sc1C2. The van der Waals surface area contributed by atoms with Gasteiger partial charge < -0.3 is 4.98 Å². The van der Waals surface area contributed by atoms with E-state index in [2.05, 4.69) is 31.0 Å². The minimum Gasteiger partial charge on any atom is -0.362 e. The first-order valence-corrected chi connectivity index (χ1v) is 5.79. The van der Waals surface area contributed by atoms with E-state index in [1.165, 1.54) is 27.4 Å². The molecule has 0 amide bonds. The Labute approximate surface area is 87.8 Å². The second-order valence-corrected chi connectivity index (χ2v) is 5.46. The molecule has 0 saturated carbocycles. The fourth-order valence-corrected chi connectivity index (χ4v) is 3.38. The van der Waals surface area contributed by atoms with Crippen molar-refractivity contribution in [1.82, 2.24) is 4.98 Å². The van der Waals surface area contributed by atoms with Gasteiger partial charge in [0.1, 0.15) is 0 Å². The molecule has 0 unspecified atom stereocenters. The number of H-pyrrole nitrogens is 1. The lowest BCUT2D eigenvalue weighted by Crippen LogP contribution is -2.02. The molecule has 0 atom stereocenters. The van der Waals surface area contributed by atoms with Gasteiger partial charge in [0.2, 0.25) is 0 Å². The summed E-state index contributed by atoms with van der Waals surface area (Å²) in [5.74, 6) is 0. The van der Waals surface area contributed by atoms with Gasteiger partial charge in [-0.05, 0) is 37.1 Å². The van der Waals surface area contributed by atoms with Gasteiger partial charge in [-0.1, -0.05) is 0 Å². The van der Waals surface area contributed by atoms with Crippen molar-refractivity contribution in [3.05, 3.63) is 44.4 Å². The zero-order valence-electron chi connectivity index (χ0n) is 8.48. The van der Waals surface area contributed by atoms with Crippen LogP contribution in [0.3, 0.4) is 0 Å². The molecule has 2 aromatic rings. The van der Waals surface area contributed by atoms with E-state index in [4.69, 9.17) is 0 Å². The van der Waals surface area contributed by atoms with E-state index in [0.29, 0.717) is 0 Å². The van der Waals surface area contributed by atoms with Crippen LogP contribution >= 0.6 is 11.3 Å². The molecule has 0 bridgehead atoms. The lowest BCUT2D eigenvalue weighted by Gasteiger charge is -2.11. The molecule has 0 saturated heterocycles. The van der Waals surface area contributed by atoms with Crippen molar-refractivity contribution in [3.63, 3.8) is 0 Å². The predicted molar refractivity (Wildman–Crippen MR) is 60.2 cm³/mol. The Bertz CT molecular complexity index is 405. The van der Waals surface area contributed by atoms with Crippen molar-refractivity contribution < 1.29 is 0 Å². The second kappa shape index (κ2) is 2.74. The molecular weight excluding hydrogens is 190 g/mol. The van der Waals surface area contributed by atoms with Gasteiger partial charge in [0, 0.05) is 34.0 Å². The monoisotopic (exact) mass is 203 g/mol. The van der Waals surface area contributed by atoms with Crippen LogP contribution in [0, 0.1) is 13.8 Å². The van der Waals surface area contributed by atoms with Gasteiger partial charge in [0.15, 0.2) is 0 Å². The first-order chi connectivity index (χ1) is 6.72. The first kappa shape index (κ1) is 8.30. The maximum Gasteiger partial charge on any atom is 0.0230 e. The molecule has 3 rings (SSSR count). The molecule has 0 aromatic carbocycles. The zero-order valence-corrected chi connectivity index (χ0v) is 9.29. The summed E-state index contributed by atoms with van der Waals surface area (Å²) in [5, 5.41) is 0. The third-order valence-electron chi connectivity index (χ3n) is 2.86. The highest BCUT2D eigenvalue weighted by Gasteiger charge is 2.18. The van der Waals surface area contributed by atoms with Crippen molar-refractivity contribution >= 4 is 11.3 Å². The maximum absolute atomic E-state index is 3.45. The highest BCUT2D eigenvalue weighted by atomic mass is 32.1. The van der Waals surface area contributed by atoms with Crippen LogP contribution < -0.4 is 0 Å². The average molecular weight is 203 g/mol. The summed E-state index contributed by atoms with van der Waals surface area (Å²) >= 11 is 1.95. The quantitative estimate of drug-likeness (QED) is 0.577. The number of aromatic nitrogens is 1. The molecule has 0 aliphatic heterocycles. The van der Waals surface area contributed by atoms with Gasteiger partial charge in [-0.2, -0.15) is 0 Å². The van der Waals surface area contributed by atoms with E-state index in [1.54, 1.807) is 4.88 Å². The summed E-state index contributed by atoms with van der Waals surface area (Å²) in [4.78, 5) is 6.46. The fourth-order valence-electron chi connectivity index (χ4n) is 2.30. The Morgan fingerprint density at radius 3 is 2.86 bits per heavy atom. The maximum atomic E-state index is 3.45. The smallest absolute Gasteiger partial charge is 0.0230 e. The number of aryl methyl sites for hydroxylation is 2. The van der Waals surface area contributed by atoms with Crippen molar-refractivity contribution in [1.29, 1.82) is 0 Å². The van der Waals surface area contributed by atoms with Gasteiger partial charge in [-0.3, -0.25) is 0 Å². The van der Waals surface area contributed by atoms with Crippen LogP contribution in [0.15, 0.2) is 12.1 Å². The molecule has 2 heterocycles. The summed E-state index contributed by atoms with van der Waals surface area (Å²) in [5.41, 5.74) is 5.74. The molecule has 1 aliphatic carbocycles. The number of hydrogen-bond acceptors (Lipinski definition) is 1. The fraction of sp³-hybridized carbons (Fsp3) is 0.333. The van der Waals surface area contributed by atoms with E-state index in [0.717, 1.165) is 12.8 Å². The zero-order chi connectivity index (χ0) is 9.71. The Hall–Kier alpha value is -1.02. The van der Waals surface area contributed by atoms with Gasteiger partial charge in [0.05, 0.1) is 0 Å². The van der Waals surface area contributed by atoms with Crippen LogP contribution in [0.5, 0.6) is 0 Å². The molecule has 2 aromatic heterocycles. The Morgan fingerprint density at radius 1 is 1.14 bits per heavy atom. The van der Waals surface area contributed by atoms with Crippen LogP contribution in [0.25, 0.3) is 0 Å². The molecule has 1 N–H and O–H groups in total. The summed E-state index contributed by atoms with van der Waals surface area (Å²) in [7, 11) is 0. The van der Waals surface area contributed by atoms with E-state index >= 15 is 0 Å². The molecule has 1 nitrogen and oxygen atoms in total. The van der Waals surface area contributed by atoms with Crippen LogP contribution in [0.4, 0.5) is 0 Å². The van der Waals surface area contributed by atoms with Crippen LogP contribution in [-0.2, 0) is 12.8 Å². The van der Waals surface area contributed by atoms with Crippen molar-refractivity contribution in [2.24, 2.45) is 0 Å². The Morgan fingerprint density at radius 2 is 2.00 bits per heavy atom. The molecular formula is C12H13NS. The third-order valence-corrected chi connectivity index (χ3v) is 3.96. The van der Waals surface area contributed by atoms with Gasteiger partial charge in [0.25, 0.3) is 0 Å². The molecule has 14 heavy (non-hydrogen) atoms. The Balaban J connectivity index is 2.10.